The highest BCUT2D eigenvalue weighted by molar-refractivity contribution is 5.84. The topological polar surface area (TPSA) is 80.0 Å². The van der Waals surface area contributed by atoms with Crippen LogP contribution in [-0.2, 0) is 4.79 Å². The number of amides is 1. The first-order valence-electron chi connectivity index (χ1n) is 8.27. The van der Waals surface area contributed by atoms with E-state index in [0.29, 0.717) is 11.4 Å². The Morgan fingerprint density at radius 3 is 2.62 bits per heavy atom. The number of nitrogens with zero attached hydrogens (tertiary/aromatic N) is 3. The second-order valence-electron chi connectivity index (χ2n) is 6.43. The number of aryl methyl sites for hydroxylation is 1. The first kappa shape index (κ1) is 16.4. The van der Waals surface area contributed by atoms with Crippen molar-refractivity contribution in [2.75, 3.05) is 0 Å². The van der Waals surface area contributed by atoms with Gasteiger partial charge in [-0.3, -0.25) is 10.0 Å². The molecule has 6 nitrogen and oxygen atoms in total. The number of benzene rings is 1. The van der Waals surface area contributed by atoms with Crippen molar-refractivity contribution in [1.82, 2.24) is 20.2 Å². The molecule has 1 fully saturated rings. The van der Waals surface area contributed by atoms with Crippen molar-refractivity contribution in [3.8, 4) is 5.82 Å². The van der Waals surface area contributed by atoms with Gasteiger partial charge in [-0.1, -0.05) is 24.3 Å². The van der Waals surface area contributed by atoms with E-state index in [1.165, 1.54) is 6.07 Å². The average molecular weight is 352 g/mol. The predicted octanol–water partition coefficient (Wildman–Crippen LogP) is 2.72. The van der Waals surface area contributed by atoms with E-state index in [9.17, 15) is 9.18 Å². The summed E-state index contributed by atoms with van der Waals surface area (Å²) in [5.74, 6) is -1.31. The number of pyridine rings is 1. The second-order valence-corrected chi connectivity index (χ2v) is 6.43. The third-order valence-electron chi connectivity index (χ3n) is 4.81. The summed E-state index contributed by atoms with van der Waals surface area (Å²) in [6, 6.07) is 12.0. The molecule has 0 aliphatic heterocycles. The smallest absolute Gasteiger partial charge is 0.247 e. The molecule has 2 heterocycles. The van der Waals surface area contributed by atoms with E-state index in [1.54, 1.807) is 34.6 Å². The van der Waals surface area contributed by atoms with Gasteiger partial charge in [0.1, 0.15) is 5.82 Å². The number of nitrogens with one attached hydrogen (secondary N) is 1. The van der Waals surface area contributed by atoms with Gasteiger partial charge in [-0.15, -0.1) is 0 Å². The Hall–Kier alpha value is -3.06. The fourth-order valence-electron chi connectivity index (χ4n) is 3.53. The van der Waals surface area contributed by atoms with Gasteiger partial charge in [0.15, 0.2) is 5.82 Å². The van der Waals surface area contributed by atoms with Crippen molar-refractivity contribution >= 4 is 5.91 Å². The Morgan fingerprint density at radius 2 is 2.00 bits per heavy atom. The third-order valence-corrected chi connectivity index (χ3v) is 4.81. The molecule has 0 radical (unpaired) electrons. The van der Waals surface area contributed by atoms with Gasteiger partial charge in [-0.25, -0.2) is 19.5 Å². The van der Waals surface area contributed by atoms with Gasteiger partial charge in [0, 0.05) is 24.2 Å². The van der Waals surface area contributed by atoms with Crippen molar-refractivity contribution in [3.63, 3.8) is 0 Å². The van der Waals surface area contributed by atoms with E-state index in [0.717, 1.165) is 11.3 Å². The number of carbonyl (C=O) groups excluding carboxylic acids is 1. The summed E-state index contributed by atoms with van der Waals surface area (Å²) in [7, 11) is 0. The monoisotopic (exact) mass is 352 g/mol. The van der Waals surface area contributed by atoms with Crippen LogP contribution in [0.1, 0.15) is 28.7 Å². The molecule has 0 saturated heterocycles. The van der Waals surface area contributed by atoms with Crippen LogP contribution in [0.2, 0.25) is 0 Å². The summed E-state index contributed by atoms with van der Waals surface area (Å²) in [6.45, 7) is 1.90. The quantitative estimate of drug-likeness (QED) is 0.559. The standard InChI is InChI=1S/C19H17FN4O2/c1-11-8-9-24(22-11)15-7-6-12(10-21-15)16-17(18(16)19(25)23-26)13-4-2-3-5-14(13)20/h2-10,16-18,26H,1H3,(H,23,25)/t16-,17-,18+/m1/s1. The summed E-state index contributed by atoms with van der Waals surface area (Å²) in [4.78, 5) is 16.4. The highest BCUT2D eigenvalue weighted by atomic mass is 19.1. The van der Waals surface area contributed by atoms with Crippen LogP contribution in [0.15, 0.2) is 54.9 Å². The van der Waals surface area contributed by atoms with E-state index >= 15 is 0 Å². The van der Waals surface area contributed by atoms with Crippen molar-refractivity contribution in [2.45, 2.75) is 18.8 Å². The number of hydrogen-bond donors (Lipinski definition) is 2. The van der Waals surface area contributed by atoms with Gasteiger partial charge in [0.2, 0.25) is 5.91 Å². The highest BCUT2D eigenvalue weighted by Gasteiger charge is 2.57. The molecule has 4 rings (SSSR count). The third kappa shape index (κ3) is 2.76. The van der Waals surface area contributed by atoms with Crippen molar-refractivity contribution in [2.24, 2.45) is 5.92 Å². The summed E-state index contributed by atoms with van der Waals surface area (Å²) < 4.78 is 15.8. The maximum atomic E-state index is 14.2. The van der Waals surface area contributed by atoms with Crippen LogP contribution in [0.3, 0.4) is 0 Å². The number of hydroxylamine groups is 1. The first-order valence-corrected chi connectivity index (χ1v) is 8.27. The predicted molar refractivity (Wildman–Crippen MR) is 91.4 cm³/mol. The fraction of sp³-hybridized carbons (Fsp3) is 0.211. The molecule has 1 saturated carbocycles. The molecule has 0 unspecified atom stereocenters. The SMILES string of the molecule is Cc1ccn(-c2ccc([C@H]3[C@H](C(=O)NO)[C@@H]3c3ccccc3F)cn2)n1. The average Bonchev–Trinajstić information content (AvgIpc) is 3.25. The molecule has 1 aliphatic carbocycles. The molecule has 1 aliphatic rings. The minimum Gasteiger partial charge on any atom is -0.289 e. The molecule has 0 bridgehead atoms. The molecule has 132 valence electrons. The minimum absolute atomic E-state index is 0.236. The summed E-state index contributed by atoms with van der Waals surface area (Å²) in [5.41, 5.74) is 3.87. The van der Waals surface area contributed by atoms with Crippen LogP contribution in [-0.4, -0.2) is 25.9 Å². The zero-order valence-corrected chi connectivity index (χ0v) is 14.0. The van der Waals surface area contributed by atoms with Gasteiger partial charge in [-0.2, -0.15) is 5.10 Å². The molecular weight excluding hydrogens is 335 g/mol. The molecule has 2 N–H and O–H groups in total. The van der Waals surface area contributed by atoms with Crippen molar-refractivity contribution in [3.05, 3.63) is 77.5 Å². The van der Waals surface area contributed by atoms with Crippen LogP contribution < -0.4 is 5.48 Å². The second kappa shape index (κ2) is 6.34. The first-order chi connectivity index (χ1) is 12.6. The van der Waals surface area contributed by atoms with Gasteiger partial charge in [-0.05, 0) is 36.2 Å². The number of halogens is 1. The molecule has 3 atom stereocenters. The van der Waals surface area contributed by atoms with Gasteiger partial charge in [0.05, 0.1) is 11.6 Å². The van der Waals surface area contributed by atoms with Crippen LogP contribution in [0, 0.1) is 18.7 Å². The highest BCUT2D eigenvalue weighted by Crippen LogP contribution is 2.60. The Morgan fingerprint density at radius 1 is 1.19 bits per heavy atom. The molecule has 3 aromatic rings. The molecule has 1 amide bonds. The molecule has 1 aromatic carbocycles. The lowest BCUT2D eigenvalue weighted by molar-refractivity contribution is -0.130. The van der Waals surface area contributed by atoms with Crippen molar-refractivity contribution < 1.29 is 14.4 Å². The zero-order chi connectivity index (χ0) is 18.3. The van der Waals surface area contributed by atoms with E-state index in [4.69, 9.17) is 5.21 Å². The van der Waals surface area contributed by atoms with E-state index < -0.39 is 11.8 Å². The van der Waals surface area contributed by atoms with Crippen LogP contribution in [0.25, 0.3) is 5.82 Å². The lowest BCUT2D eigenvalue weighted by Crippen LogP contribution is -2.21. The lowest BCUT2D eigenvalue weighted by atomic mass is 10.1. The van der Waals surface area contributed by atoms with Crippen LogP contribution in [0.5, 0.6) is 0 Å². The zero-order valence-electron chi connectivity index (χ0n) is 14.0. The van der Waals surface area contributed by atoms with Gasteiger partial charge < -0.3 is 0 Å². The van der Waals surface area contributed by atoms with E-state index in [2.05, 4.69) is 10.1 Å². The molecule has 26 heavy (non-hydrogen) atoms. The van der Waals surface area contributed by atoms with E-state index in [-0.39, 0.29) is 17.7 Å². The Kier molecular flexibility index (Phi) is 4.00. The van der Waals surface area contributed by atoms with E-state index in [1.807, 2.05) is 31.3 Å². The Balaban J connectivity index is 1.65. The minimum atomic E-state index is -0.531. The number of carbonyl (C=O) groups is 1. The molecule has 2 aromatic heterocycles. The van der Waals surface area contributed by atoms with Crippen molar-refractivity contribution in [1.29, 1.82) is 0 Å². The summed E-state index contributed by atoms with van der Waals surface area (Å²) in [5, 5.41) is 13.3. The number of rotatable bonds is 4. The fourth-order valence-corrected chi connectivity index (χ4v) is 3.53. The molecule has 7 heteroatoms. The Labute approximate surface area is 149 Å². The molecular formula is C19H17FN4O2. The summed E-state index contributed by atoms with van der Waals surface area (Å²) in [6.07, 6.45) is 3.49. The van der Waals surface area contributed by atoms with Gasteiger partial charge in [0.25, 0.3) is 0 Å². The molecule has 0 spiro atoms. The maximum Gasteiger partial charge on any atom is 0.247 e. The Bertz CT molecular complexity index is 954. The van der Waals surface area contributed by atoms with Crippen LogP contribution >= 0.6 is 0 Å². The van der Waals surface area contributed by atoms with Gasteiger partial charge >= 0.3 is 0 Å². The summed E-state index contributed by atoms with van der Waals surface area (Å²) >= 11 is 0. The largest absolute Gasteiger partial charge is 0.289 e. The lowest BCUT2D eigenvalue weighted by Gasteiger charge is -2.04. The maximum absolute atomic E-state index is 14.2. The normalized spacial score (nSPS) is 21.4. The van der Waals surface area contributed by atoms with Crippen LogP contribution in [0.4, 0.5) is 4.39 Å². The number of aromatic nitrogens is 3. The number of hydrogen-bond acceptors (Lipinski definition) is 4.